The lowest BCUT2D eigenvalue weighted by Crippen LogP contribution is -2.24. The molecular weight excluding hydrogens is 290 g/mol. The summed E-state index contributed by atoms with van der Waals surface area (Å²) >= 11 is 3.63. The van der Waals surface area contributed by atoms with Gasteiger partial charge in [0.15, 0.2) is 0 Å². The number of aryl methyl sites for hydroxylation is 1. The van der Waals surface area contributed by atoms with Crippen LogP contribution in [0.25, 0.3) is 0 Å². The van der Waals surface area contributed by atoms with Gasteiger partial charge in [0.05, 0.1) is 7.11 Å². The number of methoxy groups -OCH3 is 1. The van der Waals surface area contributed by atoms with Crippen molar-refractivity contribution in [1.29, 1.82) is 0 Å². The first-order chi connectivity index (χ1) is 8.67. The van der Waals surface area contributed by atoms with Crippen molar-refractivity contribution in [3.05, 3.63) is 27.7 Å². The molecule has 1 aromatic carbocycles. The molecule has 18 heavy (non-hydrogen) atoms. The van der Waals surface area contributed by atoms with Gasteiger partial charge in [-0.15, -0.1) is 0 Å². The van der Waals surface area contributed by atoms with Crippen molar-refractivity contribution in [1.82, 2.24) is 5.32 Å². The van der Waals surface area contributed by atoms with Crippen LogP contribution >= 0.6 is 15.9 Å². The number of ether oxygens (including phenoxy) is 1. The van der Waals surface area contributed by atoms with Crippen LogP contribution in [0.3, 0.4) is 0 Å². The van der Waals surface area contributed by atoms with Crippen LogP contribution in [0.5, 0.6) is 5.75 Å². The summed E-state index contributed by atoms with van der Waals surface area (Å²) in [5, 5.41) is 3.48. The van der Waals surface area contributed by atoms with Crippen molar-refractivity contribution in [2.24, 2.45) is 5.92 Å². The van der Waals surface area contributed by atoms with Gasteiger partial charge in [-0.25, -0.2) is 0 Å². The maximum Gasteiger partial charge on any atom is 0.123 e. The molecule has 1 saturated carbocycles. The second-order valence-corrected chi connectivity index (χ2v) is 6.01. The molecule has 1 unspecified atom stereocenters. The van der Waals surface area contributed by atoms with Gasteiger partial charge in [-0.3, -0.25) is 0 Å². The molecule has 1 aromatic rings. The van der Waals surface area contributed by atoms with Crippen LogP contribution in [0.4, 0.5) is 0 Å². The van der Waals surface area contributed by atoms with Crippen molar-refractivity contribution in [3.63, 3.8) is 0 Å². The molecular formula is C15H22BrNO. The van der Waals surface area contributed by atoms with E-state index >= 15 is 0 Å². The monoisotopic (exact) mass is 311 g/mol. The van der Waals surface area contributed by atoms with E-state index in [1.165, 1.54) is 36.8 Å². The standard InChI is InChI=1S/C15H22BrNO/c1-10-8-14(18-3)12(9-13(10)16)15(17-2)11-6-4-5-7-11/h8-9,11,15,17H,4-7H2,1-3H3. The summed E-state index contributed by atoms with van der Waals surface area (Å²) in [7, 11) is 3.81. The number of hydrogen-bond acceptors (Lipinski definition) is 2. The molecule has 2 nitrogen and oxygen atoms in total. The molecule has 1 N–H and O–H groups in total. The van der Waals surface area contributed by atoms with Gasteiger partial charge in [-0.05, 0) is 50.4 Å². The fourth-order valence-electron chi connectivity index (χ4n) is 3.03. The van der Waals surface area contributed by atoms with E-state index in [-0.39, 0.29) is 0 Å². The summed E-state index contributed by atoms with van der Waals surface area (Å²) in [4.78, 5) is 0. The van der Waals surface area contributed by atoms with E-state index in [1.54, 1.807) is 7.11 Å². The average Bonchev–Trinajstić information content (AvgIpc) is 2.88. The quantitative estimate of drug-likeness (QED) is 0.899. The Balaban J connectivity index is 2.37. The third-order valence-electron chi connectivity index (χ3n) is 4.03. The zero-order chi connectivity index (χ0) is 13.1. The van der Waals surface area contributed by atoms with E-state index in [9.17, 15) is 0 Å². The third kappa shape index (κ3) is 2.72. The molecule has 1 aliphatic rings. The molecule has 0 saturated heterocycles. The first-order valence-corrected chi connectivity index (χ1v) is 7.48. The lowest BCUT2D eigenvalue weighted by atomic mass is 9.90. The van der Waals surface area contributed by atoms with Crippen molar-refractivity contribution in [2.75, 3.05) is 14.2 Å². The van der Waals surface area contributed by atoms with E-state index in [0.717, 1.165) is 16.1 Å². The minimum Gasteiger partial charge on any atom is -0.496 e. The summed E-state index contributed by atoms with van der Waals surface area (Å²) in [6.07, 6.45) is 5.36. The number of benzene rings is 1. The van der Waals surface area contributed by atoms with Crippen LogP contribution < -0.4 is 10.1 Å². The number of hydrogen-bond donors (Lipinski definition) is 1. The Hall–Kier alpha value is -0.540. The van der Waals surface area contributed by atoms with E-state index in [4.69, 9.17) is 4.74 Å². The van der Waals surface area contributed by atoms with Crippen LogP contribution in [0.1, 0.15) is 42.9 Å². The smallest absolute Gasteiger partial charge is 0.123 e. The van der Waals surface area contributed by atoms with E-state index in [2.05, 4.69) is 47.4 Å². The molecule has 1 atom stereocenters. The number of nitrogens with one attached hydrogen (secondary N) is 1. The Morgan fingerprint density at radius 3 is 2.56 bits per heavy atom. The third-order valence-corrected chi connectivity index (χ3v) is 4.88. The Morgan fingerprint density at radius 1 is 1.33 bits per heavy atom. The van der Waals surface area contributed by atoms with Crippen LogP contribution in [-0.4, -0.2) is 14.2 Å². The second kappa shape index (κ2) is 6.07. The first kappa shape index (κ1) is 13.9. The molecule has 0 aromatic heterocycles. The van der Waals surface area contributed by atoms with E-state index < -0.39 is 0 Å². The number of rotatable bonds is 4. The van der Waals surface area contributed by atoms with Gasteiger partial charge in [0.25, 0.3) is 0 Å². The zero-order valence-corrected chi connectivity index (χ0v) is 13.0. The Kier molecular flexibility index (Phi) is 4.68. The maximum absolute atomic E-state index is 5.56. The summed E-state index contributed by atoms with van der Waals surface area (Å²) in [5.41, 5.74) is 2.50. The molecule has 0 heterocycles. The molecule has 2 rings (SSSR count). The maximum atomic E-state index is 5.56. The van der Waals surface area contributed by atoms with Gasteiger partial charge in [0.2, 0.25) is 0 Å². The summed E-state index contributed by atoms with van der Waals surface area (Å²) < 4.78 is 6.73. The van der Waals surface area contributed by atoms with Crippen LogP contribution in [0, 0.1) is 12.8 Å². The predicted octanol–water partition coefficient (Wildman–Crippen LogP) is 4.22. The van der Waals surface area contributed by atoms with Crippen LogP contribution in [0.15, 0.2) is 16.6 Å². The van der Waals surface area contributed by atoms with Crippen LogP contribution in [0.2, 0.25) is 0 Å². The molecule has 0 amide bonds. The molecule has 3 heteroatoms. The van der Waals surface area contributed by atoms with Gasteiger partial charge in [0.1, 0.15) is 5.75 Å². The minimum absolute atomic E-state index is 0.402. The fourth-order valence-corrected chi connectivity index (χ4v) is 3.39. The topological polar surface area (TPSA) is 21.3 Å². The lowest BCUT2D eigenvalue weighted by Gasteiger charge is -2.25. The molecule has 1 fully saturated rings. The summed E-state index contributed by atoms with van der Waals surface area (Å²) in [6, 6.07) is 4.74. The highest BCUT2D eigenvalue weighted by Crippen LogP contribution is 2.40. The van der Waals surface area contributed by atoms with Crippen molar-refractivity contribution in [2.45, 2.75) is 38.6 Å². The highest BCUT2D eigenvalue weighted by Gasteiger charge is 2.27. The summed E-state index contributed by atoms with van der Waals surface area (Å²) in [5.74, 6) is 1.74. The number of halogens is 1. The molecule has 100 valence electrons. The van der Waals surface area contributed by atoms with Gasteiger partial charge in [-0.2, -0.15) is 0 Å². The van der Waals surface area contributed by atoms with Crippen LogP contribution in [-0.2, 0) is 0 Å². The highest BCUT2D eigenvalue weighted by atomic mass is 79.9. The van der Waals surface area contributed by atoms with Gasteiger partial charge < -0.3 is 10.1 Å². The Morgan fingerprint density at radius 2 is 2.00 bits per heavy atom. The molecule has 0 bridgehead atoms. The van der Waals surface area contributed by atoms with Gasteiger partial charge in [-0.1, -0.05) is 28.8 Å². The summed E-state index contributed by atoms with van der Waals surface area (Å²) in [6.45, 7) is 2.10. The molecule has 0 radical (unpaired) electrons. The van der Waals surface area contributed by atoms with Crippen molar-refractivity contribution in [3.8, 4) is 5.75 Å². The second-order valence-electron chi connectivity index (χ2n) is 5.15. The van der Waals surface area contributed by atoms with Gasteiger partial charge in [0, 0.05) is 16.1 Å². The van der Waals surface area contributed by atoms with Gasteiger partial charge >= 0.3 is 0 Å². The highest BCUT2D eigenvalue weighted by molar-refractivity contribution is 9.10. The fraction of sp³-hybridized carbons (Fsp3) is 0.600. The van der Waals surface area contributed by atoms with E-state index in [0.29, 0.717) is 6.04 Å². The average molecular weight is 312 g/mol. The first-order valence-electron chi connectivity index (χ1n) is 6.68. The Labute approximate surface area is 118 Å². The predicted molar refractivity (Wildman–Crippen MR) is 79.2 cm³/mol. The van der Waals surface area contributed by atoms with E-state index in [1.807, 2.05) is 0 Å². The van der Waals surface area contributed by atoms with Crippen molar-refractivity contribution >= 4 is 15.9 Å². The molecule has 1 aliphatic carbocycles. The Bertz CT molecular complexity index is 413. The molecule has 0 spiro atoms. The molecule has 0 aliphatic heterocycles. The SMILES string of the molecule is CNC(c1cc(Br)c(C)cc1OC)C1CCCC1. The lowest BCUT2D eigenvalue weighted by molar-refractivity contribution is 0.359. The zero-order valence-electron chi connectivity index (χ0n) is 11.4. The largest absolute Gasteiger partial charge is 0.496 e. The normalized spacial score (nSPS) is 18.0. The minimum atomic E-state index is 0.402. The van der Waals surface area contributed by atoms with Crippen molar-refractivity contribution < 1.29 is 4.74 Å².